The van der Waals surface area contributed by atoms with Crippen molar-refractivity contribution in [2.45, 2.75) is 31.7 Å². The molecule has 4 nitrogen and oxygen atoms in total. The van der Waals surface area contributed by atoms with E-state index < -0.39 is 0 Å². The summed E-state index contributed by atoms with van der Waals surface area (Å²) in [6.45, 7) is 3.59. The first-order chi connectivity index (χ1) is 7.33. The number of likely N-dealkylation sites (N-methyl/N-ethyl adjacent to an activating group) is 1. The van der Waals surface area contributed by atoms with Crippen molar-refractivity contribution in [2.75, 3.05) is 33.2 Å². The molecular weight excluding hydrogens is 190 g/mol. The van der Waals surface area contributed by atoms with Gasteiger partial charge in [0.15, 0.2) is 0 Å². The molecule has 0 atom stereocenters. The predicted octanol–water partition coefficient (Wildman–Crippen LogP) is 0.886. The second kappa shape index (κ2) is 4.84. The van der Waals surface area contributed by atoms with E-state index in [1.54, 1.807) is 0 Å². The molecule has 0 spiro atoms. The molecule has 0 bridgehead atoms. The van der Waals surface area contributed by atoms with Gasteiger partial charge in [0, 0.05) is 32.2 Å². The van der Waals surface area contributed by atoms with Crippen molar-refractivity contribution in [3.8, 4) is 0 Å². The van der Waals surface area contributed by atoms with Crippen LogP contribution >= 0.6 is 0 Å². The summed E-state index contributed by atoms with van der Waals surface area (Å²) >= 11 is 0. The molecule has 1 aliphatic carbocycles. The fraction of sp³-hybridized carbons (Fsp3) is 0.909. The number of rotatable bonds is 4. The van der Waals surface area contributed by atoms with Crippen molar-refractivity contribution >= 4 is 6.03 Å². The maximum Gasteiger partial charge on any atom is 0.320 e. The van der Waals surface area contributed by atoms with Crippen molar-refractivity contribution in [1.82, 2.24) is 15.1 Å². The zero-order valence-electron chi connectivity index (χ0n) is 9.54. The van der Waals surface area contributed by atoms with Gasteiger partial charge in [0.1, 0.15) is 0 Å². The second-order valence-corrected chi connectivity index (χ2v) is 4.50. The van der Waals surface area contributed by atoms with Crippen LogP contribution in [0.25, 0.3) is 0 Å². The normalized spacial score (nSPS) is 23.1. The van der Waals surface area contributed by atoms with E-state index in [4.69, 9.17) is 0 Å². The Kier molecular flexibility index (Phi) is 3.46. The highest BCUT2D eigenvalue weighted by Gasteiger charge is 2.34. The van der Waals surface area contributed by atoms with Crippen LogP contribution in [0.1, 0.15) is 25.7 Å². The van der Waals surface area contributed by atoms with Crippen molar-refractivity contribution in [1.29, 1.82) is 0 Å². The molecule has 1 saturated carbocycles. The fourth-order valence-corrected chi connectivity index (χ4v) is 2.61. The van der Waals surface area contributed by atoms with E-state index in [1.165, 1.54) is 25.7 Å². The van der Waals surface area contributed by atoms with Crippen LogP contribution in [0.3, 0.4) is 0 Å². The lowest BCUT2D eigenvalue weighted by Gasteiger charge is -2.24. The van der Waals surface area contributed by atoms with Gasteiger partial charge in [0.05, 0.1) is 0 Å². The van der Waals surface area contributed by atoms with Crippen molar-refractivity contribution in [3.05, 3.63) is 0 Å². The van der Waals surface area contributed by atoms with Gasteiger partial charge in [-0.25, -0.2) is 4.79 Å². The number of carbonyl (C=O) groups excluding carboxylic acids is 1. The summed E-state index contributed by atoms with van der Waals surface area (Å²) in [6.07, 6.45) is 5.02. The summed E-state index contributed by atoms with van der Waals surface area (Å²) in [5.74, 6) is 0. The molecule has 2 amide bonds. The van der Waals surface area contributed by atoms with E-state index in [9.17, 15) is 4.79 Å². The SMILES string of the molecule is CNCCN1CCN(C2CCCC2)C1=O. The van der Waals surface area contributed by atoms with Gasteiger partial charge in [-0.3, -0.25) is 0 Å². The highest BCUT2D eigenvalue weighted by Crippen LogP contribution is 2.26. The molecule has 4 heteroatoms. The van der Waals surface area contributed by atoms with Gasteiger partial charge in [-0.05, 0) is 19.9 Å². The van der Waals surface area contributed by atoms with Gasteiger partial charge in [-0.2, -0.15) is 0 Å². The number of hydrogen-bond donors (Lipinski definition) is 1. The third-order valence-electron chi connectivity index (χ3n) is 3.52. The van der Waals surface area contributed by atoms with Crippen LogP contribution in [0.4, 0.5) is 4.79 Å². The first-order valence-corrected chi connectivity index (χ1v) is 6.03. The average molecular weight is 211 g/mol. The van der Waals surface area contributed by atoms with Crippen LogP contribution in [0, 0.1) is 0 Å². The Hall–Kier alpha value is -0.770. The largest absolute Gasteiger partial charge is 0.322 e. The number of nitrogens with one attached hydrogen (secondary N) is 1. The lowest BCUT2D eigenvalue weighted by molar-refractivity contribution is 0.178. The fourth-order valence-electron chi connectivity index (χ4n) is 2.61. The van der Waals surface area contributed by atoms with Crippen LogP contribution < -0.4 is 5.32 Å². The first kappa shape index (κ1) is 10.7. The van der Waals surface area contributed by atoms with Gasteiger partial charge < -0.3 is 15.1 Å². The third kappa shape index (κ3) is 2.25. The zero-order valence-corrected chi connectivity index (χ0v) is 9.54. The zero-order chi connectivity index (χ0) is 10.7. The van der Waals surface area contributed by atoms with Crippen LogP contribution in [-0.4, -0.2) is 55.1 Å². The van der Waals surface area contributed by atoms with Crippen LogP contribution in [0.5, 0.6) is 0 Å². The average Bonchev–Trinajstić information content (AvgIpc) is 2.84. The van der Waals surface area contributed by atoms with Crippen molar-refractivity contribution in [2.24, 2.45) is 0 Å². The molecular formula is C11H21N3O. The molecule has 1 heterocycles. The Bertz CT molecular complexity index is 226. The van der Waals surface area contributed by atoms with Crippen LogP contribution in [0.2, 0.25) is 0 Å². The van der Waals surface area contributed by atoms with Gasteiger partial charge in [0.2, 0.25) is 0 Å². The molecule has 0 aromatic rings. The molecule has 1 N–H and O–H groups in total. The summed E-state index contributed by atoms with van der Waals surface area (Å²) in [5.41, 5.74) is 0. The third-order valence-corrected chi connectivity index (χ3v) is 3.52. The minimum Gasteiger partial charge on any atom is -0.322 e. The summed E-state index contributed by atoms with van der Waals surface area (Å²) in [5, 5.41) is 3.09. The van der Waals surface area contributed by atoms with Gasteiger partial charge >= 0.3 is 6.03 Å². The molecule has 1 aliphatic heterocycles. The molecule has 0 aromatic heterocycles. The molecule has 1 saturated heterocycles. The van der Waals surface area contributed by atoms with E-state index >= 15 is 0 Å². The van der Waals surface area contributed by atoms with Gasteiger partial charge in [-0.15, -0.1) is 0 Å². The standard InChI is InChI=1S/C11H21N3O/c1-12-6-7-13-8-9-14(11(13)15)10-4-2-3-5-10/h10,12H,2-9H2,1H3. The highest BCUT2D eigenvalue weighted by atomic mass is 16.2. The number of nitrogens with zero attached hydrogens (tertiary/aromatic N) is 2. The minimum absolute atomic E-state index is 0.261. The molecule has 2 rings (SSSR count). The lowest BCUT2D eigenvalue weighted by atomic mass is 10.2. The number of urea groups is 1. The van der Waals surface area contributed by atoms with Crippen LogP contribution in [0.15, 0.2) is 0 Å². The van der Waals surface area contributed by atoms with Gasteiger partial charge in [-0.1, -0.05) is 12.8 Å². The minimum atomic E-state index is 0.261. The maximum atomic E-state index is 12.0. The van der Waals surface area contributed by atoms with Gasteiger partial charge in [0.25, 0.3) is 0 Å². The smallest absolute Gasteiger partial charge is 0.320 e. The maximum absolute atomic E-state index is 12.0. The predicted molar refractivity (Wildman–Crippen MR) is 59.9 cm³/mol. The van der Waals surface area contributed by atoms with E-state index in [2.05, 4.69) is 10.2 Å². The summed E-state index contributed by atoms with van der Waals surface area (Å²) in [6, 6.07) is 0.800. The molecule has 86 valence electrons. The van der Waals surface area contributed by atoms with Crippen molar-refractivity contribution < 1.29 is 4.79 Å². The molecule has 2 fully saturated rings. The lowest BCUT2D eigenvalue weighted by Crippen LogP contribution is -2.39. The second-order valence-electron chi connectivity index (χ2n) is 4.50. The molecule has 0 radical (unpaired) electrons. The molecule has 15 heavy (non-hydrogen) atoms. The molecule has 0 aromatic carbocycles. The summed E-state index contributed by atoms with van der Waals surface area (Å²) < 4.78 is 0. The molecule has 0 unspecified atom stereocenters. The van der Waals surface area contributed by atoms with Crippen molar-refractivity contribution in [3.63, 3.8) is 0 Å². The number of hydrogen-bond acceptors (Lipinski definition) is 2. The first-order valence-electron chi connectivity index (χ1n) is 6.03. The van der Waals surface area contributed by atoms with E-state index in [-0.39, 0.29) is 6.03 Å². The Morgan fingerprint density at radius 1 is 1.33 bits per heavy atom. The highest BCUT2D eigenvalue weighted by molar-refractivity contribution is 5.76. The quantitative estimate of drug-likeness (QED) is 0.749. The van der Waals surface area contributed by atoms with E-state index in [1.807, 2.05) is 11.9 Å². The Morgan fingerprint density at radius 3 is 2.73 bits per heavy atom. The Labute approximate surface area is 91.6 Å². The van der Waals surface area contributed by atoms with Crippen LogP contribution in [-0.2, 0) is 0 Å². The summed E-state index contributed by atoms with van der Waals surface area (Å²) in [4.78, 5) is 16.1. The Balaban J connectivity index is 1.85. The monoisotopic (exact) mass is 211 g/mol. The van der Waals surface area contributed by atoms with E-state index in [0.717, 1.165) is 26.2 Å². The Morgan fingerprint density at radius 2 is 2.07 bits per heavy atom. The van der Waals surface area contributed by atoms with E-state index in [0.29, 0.717) is 6.04 Å². The topological polar surface area (TPSA) is 35.6 Å². The number of carbonyl (C=O) groups is 1. The molecule has 2 aliphatic rings. The summed E-state index contributed by atoms with van der Waals surface area (Å²) in [7, 11) is 1.93. The number of amides is 2.